The summed E-state index contributed by atoms with van der Waals surface area (Å²) < 4.78 is 11.9. The highest BCUT2D eigenvalue weighted by molar-refractivity contribution is 7.99. The summed E-state index contributed by atoms with van der Waals surface area (Å²) in [5, 5.41) is 3.56. The zero-order chi connectivity index (χ0) is 13.8. The fraction of sp³-hybridized carbons (Fsp3) is 0.625. The van der Waals surface area contributed by atoms with E-state index in [-0.39, 0.29) is 0 Å². The van der Waals surface area contributed by atoms with E-state index in [1.54, 1.807) is 7.11 Å². The summed E-state index contributed by atoms with van der Waals surface area (Å²) >= 11 is 1.99. The molecule has 110 valence electrons. The Morgan fingerprint density at radius 2 is 2.20 bits per heavy atom. The number of nitrogens with one attached hydrogen (secondary N) is 1. The molecule has 2 saturated heterocycles. The van der Waals surface area contributed by atoms with E-state index in [9.17, 15) is 0 Å². The van der Waals surface area contributed by atoms with Gasteiger partial charge < -0.3 is 14.8 Å². The Hall–Kier alpha value is -0.870. The highest BCUT2D eigenvalue weighted by Crippen LogP contribution is 2.39. The van der Waals surface area contributed by atoms with Gasteiger partial charge in [0.15, 0.2) is 11.5 Å². The first kappa shape index (κ1) is 14.1. The number of para-hydroxylation sites is 1. The Balaban J connectivity index is 1.84. The number of methoxy groups -OCH3 is 1. The maximum Gasteiger partial charge on any atom is 0.166 e. The van der Waals surface area contributed by atoms with Crippen molar-refractivity contribution in [3.05, 3.63) is 23.8 Å². The van der Waals surface area contributed by atoms with Crippen molar-refractivity contribution in [2.75, 3.05) is 25.2 Å². The van der Waals surface area contributed by atoms with Gasteiger partial charge in [-0.25, -0.2) is 0 Å². The molecule has 0 amide bonds. The van der Waals surface area contributed by atoms with Crippen molar-refractivity contribution in [1.29, 1.82) is 0 Å². The quantitative estimate of drug-likeness (QED) is 0.922. The van der Waals surface area contributed by atoms with E-state index >= 15 is 0 Å². The molecule has 2 fully saturated rings. The summed E-state index contributed by atoms with van der Waals surface area (Å²) in [4.78, 5) is 0. The zero-order valence-corrected chi connectivity index (χ0v) is 12.9. The van der Waals surface area contributed by atoms with E-state index < -0.39 is 0 Å². The van der Waals surface area contributed by atoms with Crippen LogP contribution in [0.4, 0.5) is 0 Å². The van der Waals surface area contributed by atoms with E-state index in [2.05, 4.69) is 17.4 Å². The monoisotopic (exact) mass is 293 g/mol. The van der Waals surface area contributed by atoms with Crippen LogP contribution in [-0.4, -0.2) is 31.3 Å². The lowest BCUT2D eigenvalue weighted by atomic mass is 10.0. The van der Waals surface area contributed by atoms with Gasteiger partial charge in [-0.05, 0) is 44.0 Å². The van der Waals surface area contributed by atoms with Crippen LogP contribution in [0.1, 0.15) is 37.3 Å². The number of thioether (sulfide) groups is 1. The second kappa shape index (κ2) is 6.72. The van der Waals surface area contributed by atoms with Crippen LogP contribution in [-0.2, 0) is 0 Å². The van der Waals surface area contributed by atoms with Gasteiger partial charge in [-0.15, -0.1) is 0 Å². The second-order valence-electron chi connectivity index (χ2n) is 5.48. The number of hydrogen-bond acceptors (Lipinski definition) is 4. The summed E-state index contributed by atoms with van der Waals surface area (Å²) in [6.45, 7) is 1.10. The van der Waals surface area contributed by atoms with E-state index in [1.807, 2.05) is 17.8 Å². The summed E-state index contributed by atoms with van der Waals surface area (Å²) in [6, 6.07) is 6.66. The van der Waals surface area contributed by atoms with Crippen molar-refractivity contribution < 1.29 is 9.47 Å². The maximum atomic E-state index is 6.34. The average molecular weight is 293 g/mol. The zero-order valence-electron chi connectivity index (χ0n) is 12.1. The Morgan fingerprint density at radius 1 is 1.25 bits per heavy atom. The molecule has 0 radical (unpaired) electrons. The fourth-order valence-electron chi connectivity index (χ4n) is 3.01. The first-order chi connectivity index (χ1) is 9.88. The van der Waals surface area contributed by atoms with Crippen molar-refractivity contribution in [3.8, 4) is 11.5 Å². The average Bonchev–Trinajstić information content (AvgIpc) is 3.02. The summed E-state index contributed by atoms with van der Waals surface area (Å²) in [5.41, 5.74) is 1.26. The molecule has 0 bridgehead atoms. The van der Waals surface area contributed by atoms with Gasteiger partial charge >= 0.3 is 0 Å². The molecule has 0 saturated carbocycles. The standard InChI is InChI=1S/C16H23NO2S/c1-18-15-8-2-6-13(14-7-3-9-17-14)16(15)19-12-5-4-10-20-11-12/h2,6,8,12,14,17H,3-5,7,9-11H2,1H3. The molecular formula is C16H23NO2S. The van der Waals surface area contributed by atoms with Crippen LogP contribution in [0.2, 0.25) is 0 Å². The van der Waals surface area contributed by atoms with Crippen LogP contribution >= 0.6 is 11.8 Å². The van der Waals surface area contributed by atoms with Gasteiger partial charge in [-0.2, -0.15) is 11.8 Å². The number of hydrogen-bond donors (Lipinski definition) is 1. The number of ether oxygens (including phenoxy) is 2. The van der Waals surface area contributed by atoms with E-state index in [0.717, 1.165) is 30.2 Å². The van der Waals surface area contributed by atoms with E-state index in [4.69, 9.17) is 9.47 Å². The normalized spacial score (nSPS) is 26.4. The first-order valence-electron chi connectivity index (χ1n) is 7.53. The van der Waals surface area contributed by atoms with Crippen LogP contribution in [0.15, 0.2) is 18.2 Å². The molecule has 0 spiro atoms. The van der Waals surface area contributed by atoms with Gasteiger partial charge in [0.05, 0.1) is 7.11 Å². The molecule has 20 heavy (non-hydrogen) atoms. The van der Waals surface area contributed by atoms with Crippen LogP contribution in [0.3, 0.4) is 0 Å². The minimum absolute atomic E-state index is 0.324. The summed E-state index contributed by atoms with van der Waals surface area (Å²) in [7, 11) is 1.73. The third-order valence-electron chi connectivity index (χ3n) is 4.07. The SMILES string of the molecule is COc1cccc(C2CCCN2)c1OC1CCCSC1. The lowest BCUT2D eigenvalue weighted by molar-refractivity contribution is 0.199. The van der Waals surface area contributed by atoms with Gasteiger partial charge in [-0.1, -0.05) is 12.1 Å². The van der Waals surface area contributed by atoms with Gasteiger partial charge in [0.1, 0.15) is 6.10 Å². The Labute approximate surface area is 125 Å². The molecule has 1 N–H and O–H groups in total. The lowest BCUT2D eigenvalue weighted by Gasteiger charge is -2.26. The molecule has 0 aromatic heterocycles. The maximum absolute atomic E-state index is 6.34. The largest absolute Gasteiger partial charge is 0.493 e. The predicted molar refractivity (Wildman–Crippen MR) is 83.9 cm³/mol. The van der Waals surface area contributed by atoms with Gasteiger partial charge in [-0.3, -0.25) is 0 Å². The lowest BCUT2D eigenvalue weighted by Crippen LogP contribution is -2.25. The van der Waals surface area contributed by atoms with E-state index in [1.165, 1.54) is 30.6 Å². The topological polar surface area (TPSA) is 30.5 Å². The Bertz CT molecular complexity index is 440. The molecule has 1 aromatic rings. The fourth-order valence-corrected chi connectivity index (χ4v) is 4.05. The summed E-state index contributed by atoms with van der Waals surface area (Å²) in [5.74, 6) is 4.19. The second-order valence-corrected chi connectivity index (χ2v) is 6.63. The van der Waals surface area contributed by atoms with Crippen LogP contribution in [0, 0.1) is 0 Å². The van der Waals surface area contributed by atoms with Crippen LogP contribution in [0.25, 0.3) is 0 Å². The van der Waals surface area contributed by atoms with Crippen LogP contribution in [0.5, 0.6) is 11.5 Å². The third-order valence-corrected chi connectivity index (χ3v) is 5.25. The highest BCUT2D eigenvalue weighted by atomic mass is 32.2. The van der Waals surface area contributed by atoms with Crippen LogP contribution < -0.4 is 14.8 Å². The van der Waals surface area contributed by atoms with Crippen molar-refractivity contribution in [2.24, 2.45) is 0 Å². The molecule has 3 nitrogen and oxygen atoms in total. The van der Waals surface area contributed by atoms with Crippen molar-refractivity contribution >= 4 is 11.8 Å². The molecular weight excluding hydrogens is 270 g/mol. The Kier molecular flexibility index (Phi) is 4.73. The molecule has 2 aliphatic rings. The number of rotatable bonds is 4. The van der Waals surface area contributed by atoms with Gasteiger partial charge in [0.2, 0.25) is 0 Å². The molecule has 2 aliphatic heterocycles. The van der Waals surface area contributed by atoms with Gasteiger partial charge in [0.25, 0.3) is 0 Å². The number of benzene rings is 1. The molecule has 4 heteroatoms. The minimum atomic E-state index is 0.324. The smallest absolute Gasteiger partial charge is 0.166 e. The molecule has 2 atom stereocenters. The first-order valence-corrected chi connectivity index (χ1v) is 8.68. The van der Waals surface area contributed by atoms with Crippen molar-refractivity contribution in [3.63, 3.8) is 0 Å². The van der Waals surface area contributed by atoms with Crippen molar-refractivity contribution in [2.45, 2.75) is 37.8 Å². The molecule has 0 aliphatic carbocycles. The Morgan fingerprint density at radius 3 is 2.90 bits per heavy atom. The van der Waals surface area contributed by atoms with E-state index in [0.29, 0.717) is 12.1 Å². The predicted octanol–water partition coefficient (Wildman–Crippen LogP) is 3.39. The molecule has 3 rings (SSSR count). The molecule has 2 unspecified atom stereocenters. The third kappa shape index (κ3) is 3.07. The molecule has 1 aromatic carbocycles. The summed E-state index contributed by atoms with van der Waals surface area (Å²) in [6.07, 6.45) is 5.15. The van der Waals surface area contributed by atoms with Gasteiger partial charge in [0, 0.05) is 17.4 Å². The van der Waals surface area contributed by atoms with Crippen molar-refractivity contribution in [1.82, 2.24) is 5.32 Å². The molecule has 2 heterocycles. The minimum Gasteiger partial charge on any atom is -0.493 e. The highest BCUT2D eigenvalue weighted by Gasteiger charge is 2.25.